The Balaban J connectivity index is 0.00000312. The van der Waals surface area contributed by atoms with Crippen LogP contribution in [0.15, 0.2) is 34.9 Å². The van der Waals surface area contributed by atoms with Crippen molar-refractivity contribution in [2.45, 2.75) is 40.5 Å². The molecular formula is C19H27N3O2. The van der Waals surface area contributed by atoms with Gasteiger partial charge in [-0.25, -0.2) is 0 Å². The van der Waals surface area contributed by atoms with E-state index in [0.29, 0.717) is 18.3 Å². The summed E-state index contributed by atoms with van der Waals surface area (Å²) in [5.41, 5.74) is 2.04. The van der Waals surface area contributed by atoms with Crippen molar-refractivity contribution in [2.24, 2.45) is 5.41 Å². The quantitative estimate of drug-likeness (QED) is 0.810. The highest BCUT2D eigenvalue weighted by molar-refractivity contribution is 5.91. The van der Waals surface area contributed by atoms with E-state index in [1.165, 1.54) is 0 Å². The number of benzene rings is 1. The van der Waals surface area contributed by atoms with E-state index in [1.54, 1.807) is 12.2 Å². The molecular weight excluding hydrogens is 302 g/mol. The number of carbonyl (C=O) groups excluding carboxylic acids is 1. The van der Waals surface area contributed by atoms with Crippen LogP contribution in [0.2, 0.25) is 0 Å². The molecule has 2 rings (SSSR count). The summed E-state index contributed by atoms with van der Waals surface area (Å²) in [7, 11) is 0. The van der Waals surface area contributed by atoms with Crippen LogP contribution >= 0.6 is 0 Å². The molecule has 24 heavy (non-hydrogen) atoms. The molecule has 0 atom stereocenters. The third-order valence-electron chi connectivity index (χ3n) is 3.54. The summed E-state index contributed by atoms with van der Waals surface area (Å²) in [5.74, 6) is 1.14. The highest BCUT2D eigenvalue weighted by atomic mass is 16.5. The van der Waals surface area contributed by atoms with E-state index < -0.39 is 0 Å². The number of carbonyl (C=O) groups is 1. The lowest BCUT2D eigenvalue weighted by molar-refractivity contribution is -0.116. The molecule has 1 N–H and O–H groups in total. The first kappa shape index (κ1) is 17.9. The largest absolute Gasteiger partial charge is 0.353 e. The Morgan fingerprint density at radius 2 is 2.00 bits per heavy atom. The van der Waals surface area contributed by atoms with Crippen LogP contribution in [-0.2, 0) is 11.2 Å². The van der Waals surface area contributed by atoms with Gasteiger partial charge in [-0.3, -0.25) is 4.79 Å². The number of rotatable bonds is 6. The van der Waals surface area contributed by atoms with Gasteiger partial charge >= 0.3 is 0 Å². The molecule has 0 bridgehead atoms. The maximum atomic E-state index is 11.8. The van der Waals surface area contributed by atoms with E-state index in [4.69, 9.17) is 4.52 Å². The van der Waals surface area contributed by atoms with Crippen LogP contribution in [-0.4, -0.2) is 22.6 Å². The molecule has 2 aromatic rings. The van der Waals surface area contributed by atoms with E-state index >= 15 is 0 Å². The minimum absolute atomic E-state index is 0. The molecule has 130 valence electrons. The normalized spacial score (nSPS) is 11.8. The third kappa shape index (κ3) is 5.65. The zero-order valence-corrected chi connectivity index (χ0v) is 14.8. The Bertz CT molecular complexity index is 700. The zero-order valence-electron chi connectivity index (χ0n) is 14.8. The lowest BCUT2D eigenvalue weighted by Gasteiger charge is -2.17. The maximum Gasteiger partial charge on any atom is 0.257 e. The topological polar surface area (TPSA) is 68.0 Å². The van der Waals surface area contributed by atoms with Gasteiger partial charge in [-0.2, -0.15) is 4.98 Å². The minimum atomic E-state index is -0.0761. The molecule has 5 heteroatoms. The van der Waals surface area contributed by atoms with Gasteiger partial charge in [0.15, 0.2) is 5.82 Å². The lowest BCUT2D eigenvalue weighted by atomic mass is 9.92. The fourth-order valence-electron chi connectivity index (χ4n) is 2.04. The van der Waals surface area contributed by atoms with Crippen molar-refractivity contribution in [3.8, 4) is 11.5 Å². The third-order valence-corrected chi connectivity index (χ3v) is 3.54. The van der Waals surface area contributed by atoms with Gasteiger partial charge in [-0.1, -0.05) is 45.0 Å². The highest BCUT2D eigenvalue weighted by Gasteiger charge is 2.09. The van der Waals surface area contributed by atoms with Crippen LogP contribution in [0.25, 0.3) is 17.5 Å². The number of nitrogens with one attached hydrogen (secondary N) is 1. The van der Waals surface area contributed by atoms with E-state index in [2.05, 4.69) is 36.2 Å². The number of amides is 1. The Hall–Kier alpha value is -2.43. The van der Waals surface area contributed by atoms with Crippen molar-refractivity contribution in [3.63, 3.8) is 0 Å². The summed E-state index contributed by atoms with van der Waals surface area (Å²) in [6.07, 6.45) is 5.04. The second-order valence-electron chi connectivity index (χ2n) is 6.93. The van der Waals surface area contributed by atoms with E-state index in [9.17, 15) is 4.79 Å². The van der Waals surface area contributed by atoms with Crippen LogP contribution in [0.3, 0.4) is 0 Å². The average Bonchev–Trinajstić information content (AvgIpc) is 3.01. The second-order valence-corrected chi connectivity index (χ2v) is 6.93. The predicted molar refractivity (Wildman–Crippen MR) is 97.3 cm³/mol. The van der Waals surface area contributed by atoms with Gasteiger partial charge in [-0.15, -0.1) is 0 Å². The van der Waals surface area contributed by atoms with E-state index in [-0.39, 0.29) is 12.7 Å². The van der Waals surface area contributed by atoms with Crippen molar-refractivity contribution in [2.75, 3.05) is 6.54 Å². The van der Waals surface area contributed by atoms with Gasteiger partial charge in [0.2, 0.25) is 5.91 Å². The number of nitrogens with zero attached hydrogens (tertiary/aromatic N) is 2. The Morgan fingerprint density at radius 1 is 1.29 bits per heavy atom. The standard InChI is InChI=1S/C19H25N3O2.H2/c1-5-16-21-18(24-22-16)15-9-6-14(7-10-15)8-11-17(23)20-13-12-19(2,3)4;/h6-11H,5,12-13H2,1-4H3,(H,20,23);1H/b11-8+;. The van der Waals surface area contributed by atoms with Crippen LogP contribution in [0.5, 0.6) is 0 Å². The molecule has 0 spiro atoms. The fourth-order valence-corrected chi connectivity index (χ4v) is 2.04. The Morgan fingerprint density at radius 3 is 2.58 bits per heavy atom. The monoisotopic (exact) mass is 329 g/mol. The van der Waals surface area contributed by atoms with Crippen LogP contribution < -0.4 is 5.32 Å². The molecule has 1 heterocycles. The van der Waals surface area contributed by atoms with Crippen molar-refractivity contribution >= 4 is 12.0 Å². The van der Waals surface area contributed by atoms with Crippen LogP contribution in [0.1, 0.15) is 46.9 Å². The number of aryl methyl sites for hydroxylation is 1. The molecule has 5 nitrogen and oxygen atoms in total. The Kier molecular flexibility index (Phi) is 5.90. The summed E-state index contributed by atoms with van der Waals surface area (Å²) in [4.78, 5) is 16.1. The van der Waals surface area contributed by atoms with Crippen molar-refractivity contribution < 1.29 is 10.7 Å². The summed E-state index contributed by atoms with van der Waals surface area (Å²) >= 11 is 0. The summed E-state index contributed by atoms with van der Waals surface area (Å²) in [5, 5.41) is 6.78. The molecule has 1 amide bonds. The summed E-state index contributed by atoms with van der Waals surface area (Å²) < 4.78 is 5.21. The van der Waals surface area contributed by atoms with Crippen molar-refractivity contribution in [3.05, 3.63) is 41.7 Å². The summed E-state index contributed by atoms with van der Waals surface area (Å²) in [6.45, 7) is 9.13. The smallest absolute Gasteiger partial charge is 0.257 e. The van der Waals surface area contributed by atoms with E-state index in [1.807, 2.05) is 31.2 Å². The molecule has 0 unspecified atom stereocenters. The number of hydrogen-bond acceptors (Lipinski definition) is 4. The zero-order chi connectivity index (χ0) is 17.6. The fraction of sp³-hybridized carbons (Fsp3) is 0.421. The molecule has 1 aromatic heterocycles. The van der Waals surface area contributed by atoms with Gasteiger partial charge in [-0.05, 0) is 35.6 Å². The minimum Gasteiger partial charge on any atom is -0.353 e. The SMILES string of the molecule is CCc1noc(-c2ccc(/C=C/C(=O)NCCC(C)(C)C)cc2)n1.[HH]. The van der Waals surface area contributed by atoms with Gasteiger partial charge in [0.05, 0.1) is 0 Å². The number of aromatic nitrogens is 2. The van der Waals surface area contributed by atoms with Gasteiger partial charge in [0, 0.05) is 26.0 Å². The van der Waals surface area contributed by atoms with Gasteiger partial charge in [0.1, 0.15) is 0 Å². The van der Waals surface area contributed by atoms with E-state index in [0.717, 1.165) is 24.0 Å². The second kappa shape index (κ2) is 7.90. The highest BCUT2D eigenvalue weighted by Crippen LogP contribution is 2.19. The van der Waals surface area contributed by atoms with Gasteiger partial charge < -0.3 is 9.84 Å². The van der Waals surface area contributed by atoms with Crippen LogP contribution in [0, 0.1) is 5.41 Å². The molecule has 0 saturated heterocycles. The molecule has 0 aliphatic heterocycles. The first-order valence-electron chi connectivity index (χ1n) is 8.26. The molecule has 0 aliphatic rings. The maximum absolute atomic E-state index is 11.8. The molecule has 1 aromatic carbocycles. The molecule has 0 radical (unpaired) electrons. The molecule has 0 fully saturated rings. The molecule has 0 aliphatic carbocycles. The lowest BCUT2D eigenvalue weighted by Crippen LogP contribution is -2.25. The van der Waals surface area contributed by atoms with Crippen molar-refractivity contribution in [1.29, 1.82) is 0 Å². The average molecular weight is 329 g/mol. The molecule has 0 saturated carbocycles. The summed E-state index contributed by atoms with van der Waals surface area (Å²) in [6, 6.07) is 7.66. The van der Waals surface area contributed by atoms with Crippen molar-refractivity contribution in [1.82, 2.24) is 15.5 Å². The predicted octanol–water partition coefficient (Wildman–Crippen LogP) is 4.11. The van der Waals surface area contributed by atoms with Gasteiger partial charge in [0.25, 0.3) is 5.89 Å². The first-order valence-corrected chi connectivity index (χ1v) is 8.26. The Labute approximate surface area is 144 Å². The van der Waals surface area contributed by atoms with Crippen LogP contribution in [0.4, 0.5) is 0 Å². The number of hydrogen-bond donors (Lipinski definition) is 1. The first-order chi connectivity index (χ1) is 11.4.